The van der Waals surface area contributed by atoms with E-state index in [-0.39, 0.29) is 6.10 Å². The average molecular weight is 310 g/mol. The number of ether oxygens (including phenoxy) is 1. The number of nitrogens with one attached hydrogen (secondary N) is 1. The van der Waals surface area contributed by atoms with E-state index in [1.807, 2.05) is 24.3 Å². The predicted octanol–water partition coefficient (Wildman–Crippen LogP) is 4.72. The monoisotopic (exact) mass is 309 g/mol. The van der Waals surface area contributed by atoms with Crippen LogP contribution in [0.25, 0.3) is 0 Å². The zero-order valence-electron chi connectivity index (χ0n) is 11.3. The van der Waals surface area contributed by atoms with Crippen LogP contribution in [0, 0.1) is 0 Å². The molecule has 2 aromatic carbocycles. The van der Waals surface area contributed by atoms with Crippen molar-refractivity contribution in [3.8, 4) is 5.75 Å². The van der Waals surface area contributed by atoms with Crippen LogP contribution in [0.3, 0.4) is 0 Å². The number of benzene rings is 2. The van der Waals surface area contributed by atoms with Crippen molar-refractivity contribution in [2.24, 2.45) is 0 Å². The molecule has 0 spiro atoms. The molecule has 0 fully saturated rings. The van der Waals surface area contributed by atoms with Crippen LogP contribution in [0.15, 0.2) is 48.5 Å². The third-order valence-corrected chi connectivity index (χ3v) is 3.66. The fraction of sp³-hybridized carbons (Fsp3) is 0.250. The van der Waals surface area contributed by atoms with Gasteiger partial charge in [-0.25, -0.2) is 0 Å². The molecule has 1 N–H and O–H groups in total. The standard InChI is InChI=1S/C16H17Cl2NO/c1-2-19-11-16(12-6-4-3-5-7-12)20-13-8-9-14(17)15(18)10-13/h3-10,16,19H,2,11H2,1H3. The van der Waals surface area contributed by atoms with Crippen molar-refractivity contribution < 1.29 is 4.74 Å². The molecule has 0 heterocycles. The van der Waals surface area contributed by atoms with E-state index in [1.165, 1.54) is 0 Å². The van der Waals surface area contributed by atoms with Gasteiger partial charge < -0.3 is 10.1 Å². The maximum Gasteiger partial charge on any atom is 0.136 e. The second-order valence-corrected chi connectivity index (χ2v) is 5.22. The van der Waals surface area contributed by atoms with Gasteiger partial charge in [0.1, 0.15) is 11.9 Å². The van der Waals surface area contributed by atoms with Gasteiger partial charge in [-0.3, -0.25) is 0 Å². The molecule has 106 valence electrons. The lowest BCUT2D eigenvalue weighted by molar-refractivity contribution is 0.202. The van der Waals surface area contributed by atoms with Crippen molar-refractivity contribution in [2.75, 3.05) is 13.1 Å². The zero-order chi connectivity index (χ0) is 14.4. The number of hydrogen-bond acceptors (Lipinski definition) is 2. The fourth-order valence-corrected chi connectivity index (χ4v) is 2.17. The highest BCUT2D eigenvalue weighted by atomic mass is 35.5. The first-order valence-corrected chi connectivity index (χ1v) is 7.33. The highest BCUT2D eigenvalue weighted by molar-refractivity contribution is 6.42. The van der Waals surface area contributed by atoms with Gasteiger partial charge in [0.05, 0.1) is 10.0 Å². The van der Waals surface area contributed by atoms with Crippen LogP contribution in [-0.2, 0) is 0 Å². The Morgan fingerprint density at radius 2 is 1.80 bits per heavy atom. The van der Waals surface area contributed by atoms with Gasteiger partial charge in [0, 0.05) is 12.6 Å². The lowest BCUT2D eigenvalue weighted by atomic mass is 10.1. The molecule has 2 rings (SSSR count). The topological polar surface area (TPSA) is 21.3 Å². The third-order valence-electron chi connectivity index (χ3n) is 2.92. The first-order valence-electron chi connectivity index (χ1n) is 6.58. The molecular formula is C16H17Cl2NO. The number of rotatable bonds is 6. The van der Waals surface area contributed by atoms with E-state index < -0.39 is 0 Å². The second kappa shape index (κ2) is 7.53. The van der Waals surface area contributed by atoms with Crippen molar-refractivity contribution >= 4 is 23.2 Å². The molecule has 2 aromatic rings. The molecule has 0 aliphatic heterocycles. The minimum atomic E-state index is -0.0617. The normalized spacial score (nSPS) is 12.2. The molecule has 0 aromatic heterocycles. The molecular weight excluding hydrogens is 293 g/mol. The van der Waals surface area contributed by atoms with Gasteiger partial charge in [-0.2, -0.15) is 0 Å². The van der Waals surface area contributed by atoms with Crippen LogP contribution in [0.4, 0.5) is 0 Å². The van der Waals surface area contributed by atoms with Crippen molar-refractivity contribution in [3.05, 3.63) is 64.1 Å². The van der Waals surface area contributed by atoms with Gasteiger partial charge in [-0.1, -0.05) is 60.5 Å². The Balaban J connectivity index is 2.17. The summed E-state index contributed by atoms with van der Waals surface area (Å²) in [6.45, 7) is 3.70. The minimum Gasteiger partial charge on any atom is -0.484 e. The number of likely N-dealkylation sites (N-methyl/N-ethyl adjacent to an activating group) is 1. The van der Waals surface area contributed by atoms with Crippen LogP contribution in [0.2, 0.25) is 10.0 Å². The Kier molecular flexibility index (Phi) is 5.72. The van der Waals surface area contributed by atoms with Gasteiger partial charge >= 0.3 is 0 Å². The summed E-state index contributed by atoms with van der Waals surface area (Å²) >= 11 is 11.9. The highest BCUT2D eigenvalue weighted by Crippen LogP contribution is 2.29. The van der Waals surface area contributed by atoms with E-state index in [4.69, 9.17) is 27.9 Å². The van der Waals surface area contributed by atoms with Gasteiger partial charge in [0.25, 0.3) is 0 Å². The summed E-state index contributed by atoms with van der Waals surface area (Å²) in [5.41, 5.74) is 1.12. The SMILES string of the molecule is CCNCC(Oc1ccc(Cl)c(Cl)c1)c1ccccc1. The van der Waals surface area contributed by atoms with E-state index >= 15 is 0 Å². The van der Waals surface area contributed by atoms with Crippen LogP contribution in [0.1, 0.15) is 18.6 Å². The van der Waals surface area contributed by atoms with Crippen molar-refractivity contribution in [1.82, 2.24) is 5.32 Å². The largest absolute Gasteiger partial charge is 0.484 e. The number of halogens is 2. The first-order chi connectivity index (χ1) is 9.70. The van der Waals surface area contributed by atoms with Gasteiger partial charge in [-0.15, -0.1) is 0 Å². The summed E-state index contributed by atoms with van der Waals surface area (Å²) < 4.78 is 6.03. The molecule has 0 radical (unpaired) electrons. The minimum absolute atomic E-state index is 0.0617. The zero-order valence-corrected chi connectivity index (χ0v) is 12.8. The van der Waals surface area contributed by atoms with Crippen LogP contribution in [0.5, 0.6) is 5.75 Å². The Morgan fingerprint density at radius 3 is 2.45 bits per heavy atom. The molecule has 0 amide bonds. The smallest absolute Gasteiger partial charge is 0.136 e. The Morgan fingerprint density at radius 1 is 1.05 bits per heavy atom. The summed E-state index contributed by atoms with van der Waals surface area (Å²) in [4.78, 5) is 0. The molecule has 1 unspecified atom stereocenters. The van der Waals surface area contributed by atoms with E-state index in [1.54, 1.807) is 12.1 Å². The second-order valence-electron chi connectivity index (χ2n) is 4.40. The fourth-order valence-electron chi connectivity index (χ4n) is 1.89. The summed E-state index contributed by atoms with van der Waals surface area (Å²) in [5.74, 6) is 0.714. The Bertz CT molecular complexity index is 545. The number of hydrogen-bond donors (Lipinski definition) is 1. The molecule has 0 saturated carbocycles. The van der Waals surface area contributed by atoms with E-state index in [0.717, 1.165) is 18.7 Å². The molecule has 0 saturated heterocycles. The van der Waals surface area contributed by atoms with E-state index in [0.29, 0.717) is 15.8 Å². The van der Waals surface area contributed by atoms with Crippen LogP contribution in [-0.4, -0.2) is 13.1 Å². The summed E-state index contributed by atoms with van der Waals surface area (Å²) in [6.07, 6.45) is -0.0617. The van der Waals surface area contributed by atoms with Gasteiger partial charge in [0.15, 0.2) is 0 Å². The van der Waals surface area contributed by atoms with E-state index in [2.05, 4.69) is 24.4 Å². The molecule has 2 nitrogen and oxygen atoms in total. The van der Waals surface area contributed by atoms with Crippen molar-refractivity contribution in [1.29, 1.82) is 0 Å². The lowest BCUT2D eigenvalue weighted by Gasteiger charge is -2.20. The summed E-state index contributed by atoms with van der Waals surface area (Å²) in [6, 6.07) is 15.4. The van der Waals surface area contributed by atoms with E-state index in [9.17, 15) is 0 Å². The molecule has 0 bridgehead atoms. The molecule has 20 heavy (non-hydrogen) atoms. The third kappa shape index (κ3) is 4.14. The summed E-state index contributed by atoms with van der Waals surface area (Å²) in [7, 11) is 0. The van der Waals surface area contributed by atoms with Crippen LogP contribution >= 0.6 is 23.2 Å². The molecule has 0 aliphatic carbocycles. The maximum absolute atomic E-state index is 6.03. The molecule has 1 atom stereocenters. The summed E-state index contributed by atoms with van der Waals surface area (Å²) in [5, 5.41) is 4.34. The molecule has 0 aliphatic rings. The highest BCUT2D eigenvalue weighted by Gasteiger charge is 2.13. The maximum atomic E-state index is 6.03. The first kappa shape index (κ1) is 15.2. The van der Waals surface area contributed by atoms with Crippen LogP contribution < -0.4 is 10.1 Å². The van der Waals surface area contributed by atoms with Gasteiger partial charge in [0.2, 0.25) is 0 Å². The quantitative estimate of drug-likeness (QED) is 0.833. The predicted molar refractivity (Wildman–Crippen MR) is 84.8 cm³/mol. The Labute approximate surface area is 129 Å². The van der Waals surface area contributed by atoms with Crippen molar-refractivity contribution in [2.45, 2.75) is 13.0 Å². The average Bonchev–Trinajstić information content (AvgIpc) is 2.48. The van der Waals surface area contributed by atoms with Crippen molar-refractivity contribution in [3.63, 3.8) is 0 Å². The Hall–Kier alpha value is -1.22. The molecule has 4 heteroatoms. The van der Waals surface area contributed by atoms with Gasteiger partial charge in [-0.05, 0) is 24.2 Å². The lowest BCUT2D eigenvalue weighted by Crippen LogP contribution is -2.24.